The second kappa shape index (κ2) is 5.08. The van der Waals surface area contributed by atoms with Crippen LogP contribution in [0.5, 0.6) is 0 Å². The molecule has 0 heterocycles. The van der Waals surface area contributed by atoms with E-state index in [0.29, 0.717) is 10.7 Å². The first kappa shape index (κ1) is 12.7. The van der Waals surface area contributed by atoms with E-state index in [0.717, 1.165) is 0 Å². The normalized spacial score (nSPS) is 9.87. The first-order valence-electron chi connectivity index (χ1n) is 3.72. The van der Waals surface area contributed by atoms with Gasteiger partial charge in [0.2, 0.25) is 0 Å². The number of nitrogens with one attached hydrogen (secondary N) is 1. The Balaban J connectivity index is 3.01. The Kier molecular flexibility index (Phi) is 4.29. The van der Waals surface area contributed by atoms with Gasteiger partial charge in [-0.05, 0) is 12.1 Å². The molecule has 15 heavy (non-hydrogen) atoms. The van der Waals surface area contributed by atoms with Gasteiger partial charge in [0.25, 0.3) is 5.91 Å². The molecule has 0 aliphatic heterocycles. The van der Waals surface area contributed by atoms with Crippen LogP contribution in [0.25, 0.3) is 0 Å². The molecule has 1 amide bonds. The van der Waals surface area contributed by atoms with Crippen molar-refractivity contribution < 1.29 is 4.79 Å². The summed E-state index contributed by atoms with van der Waals surface area (Å²) in [7, 11) is 0. The largest absolute Gasteiger partial charge is 0.320 e. The highest BCUT2D eigenvalue weighted by molar-refractivity contribution is 6.45. The summed E-state index contributed by atoms with van der Waals surface area (Å²) in [6.07, 6.45) is 0. The smallest absolute Gasteiger partial charge is 0.266 e. The molecule has 1 aromatic rings. The van der Waals surface area contributed by atoms with E-state index in [1.165, 1.54) is 12.1 Å². The molecule has 0 spiro atoms. The Labute approximate surface area is 107 Å². The summed E-state index contributed by atoms with van der Waals surface area (Å²) in [4.78, 5) is 11.2. The molecule has 1 aromatic carbocycles. The summed E-state index contributed by atoms with van der Waals surface area (Å²) in [5, 5.41) is 3.16. The zero-order valence-corrected chi connectivity index (χ0v) is 10.3. The Morgan fingerprint density at radius 2 is 1.67 bits per heavy atom. The maximum Gasteiger partial charge on any atom is 0.266 e. The number of carbonyl (C=O) groups excluding carboxylic acids is 1. The van der Waals surface area contributed by atoms with Crippen LogP contribution in [0.1, 0.15) is 0 Å². The molecule has 0 saturated heterocycles. The van der Waals surface area contributed by atoms with Gasteiger partial charge in [0.15, 0.2) is 0 Å². The van der Waals surface area contributed by atoms with Gasteiger partial charge in [-0.1, -0.05) is 53.0 Å². The van der Waals surface area contributed by atoms with Crippen LogP contribution in [0.15, 0.2) is 23.7 Å². The van der Waals surface area contributed by atoms with E-state index in [9.17, 15) is 4.79 Å². The van der Waals surface area contributed by atoms with Crippen LogP contribution in [-0.4, -0.2) is 5.91 Å². The van der Waals surface area contributed by atoms with Crippen LogP contribution in [0.2, 0.25) is 15.1 Å². The van der Waals surface area contributed by atoms with E-state index in [-0.39, 0.29) is 15.1 Å². The predicted molar refractivity (Wildman–Crippen MR) is 65.1 cm³/mol. The number of benzene rings is 1. The molecule has 1 N–H and O–H groups in total. The Bertz CT molecular complexity index is 430. The zero-order chi connectivity index (χ0) is 11.6. The topological polar surface area (TPSA) is 29.1 Å². The second-order valence-corrected chi connectivity index (χ2v) is 4.28. The molecule has 0 saturated carbocycles. The first-order valence-corrected chi connectivity index (χ1v) is 5.23. The lowest BCUT2D eigenvalue weighted by Crippen LogP contribution is -2.11. The maximum absolute atomic E-state index is 11.2. The first-order chi connectivity index (χ1) is 6.91. The molecule has 1 rings (SSSR count). The zero-order valence-electron chi connectivity index (χ0n) is 7.28. The van der Waals surface area contributed by atoms with E-state index >= 15 is 0 Å². The third-order valence-corrected chi connectivity index (χ3v) is 2.71. The molecule has 0 fully saturated rings. The minimum Gasteiger partial charge on any atom is -0.320 e. The van der Waals surface area contributed by atoms with Crippen LogP contribution in [0.3, 0.4) is 0 Å². The summed E-state index contributed by atoms with van der Waals surface area (Å²) >= 11 is 22.7. The fraction of sp³-hybridized carbons (Fsp3) is 0. The molecule has 0 aliphatic rings. The highest BCUT2D eigenvalue weighted by atomic mass is 35.5. The van der Waals surface area contributed by atoms with Crippen LogP contribution >= 0.6 is 46.4 Å². The van der Waals surface area contributed by atoms with Crippen molar-refractivity contribution in [3.8, 4) is 0 Å². The van der Waals surface area contributed by atoms with Gasteiger partial charge in [0.1, 0.15) is 0 Å². The molecular weight excluding hydrogens is 280 g/mol. The van der Waals surface area contributed by atoms with Crippen molar-refractivity contribution in [3.63, 3.8) is 0 Å². The predicted octanol–water partition coefficient (Wildman–Crippen LogP) is 4.34. The maximum atomic E-state index is 11.2. The lowest BCUT2D eigenvalue weighted by Gasteiger charge is -2.07. The number of hydrogen-bond acceptors (Lipinski definition) is 1. The standard InChI is InChI=1S/C9H5Cl4NO/c1-4(10)9(15)14-8-3-6(12)5(11)2-7(8)13/h2-3H,1H2,(H,14,15). The number of rotatable bonds is 2. The highest BCUT2D eigenvalue weighted by Gasteiger charge is 2.10. The number of hydrogen-bond donors (Lipinski definition) is 1. The van der Waals surface area contributed by atoms with Crippen molar-refractivity contribution in [2.24, 2.45) is 0 Å². The average Bonchev–Trinajstić information content (AvgIpc) is 2.13. The second-order valence-electron chi connectivity index (χ2n) is 2.61. The quantitative estimate of drug-likeness (QED) is 0.635. The molecule has 80 valence electrons. The van der Waals surface area contributed by atoms with Crippen molar-refractivity contribution in [2.45, 2.75) is 0 Å². The molecule has 0 radical (unpaired) electrons. The summed E-state index contributed by atoms with van der Waals surface area (Å²) < 4.78 is 0. The van der Waals surface area contributed by atoms with Crippen molar-refractivity contribution in [1.29, 1.82) is 0 Å². The highest BCUT2D eigenvalue weighted by Crippen LogP contribution is 2.32. The number of halogens is 4. The van der Waals surface area contributed by atoms with Gasteiger partial charge >= 0.3 is 0 Å². The molecular formula is C9H5Cl4NO. The van der Waals surface area contributed by atoms with E-state index in [1.807, 2.05) is 0 Å². The third kappa shape index (κ3) is 3.28. The summed E-state index contributed by atoms with van der Waals surface area (Å²) in [6.45, 7) is 3.27. The van der Waals surface area contributed by atoms with E-state index in [1.54, 1.807) is 0 Å². The van der Waals surface area contributed by atoms with Crippen LogP contribution < -0.4 is 5.32 Å². The van der Waals surface area contributed by atoms with Gasteiger partial charge in [0, 0.05) is 0 Å². The SMILES string of the molecule is C=C(Cl)C(=O)Nc1cc(Cl)c(Cl)cc1Cl. The van der Waals surface area contributed by atoms with Crippen LogP contribution in [-0.2, 0) is 4.79 Å². The number of amides is 1. The van der Waals surface area contributed by atoms with Crippen molar-refractivity contribution in [3.05, 3.63) is 38.8 Å². The fourth-order valence-corrected chi connectivity index (χ4v) is 1.45. The minimum atomic E-state index is -0.544. The lowest BCUT2D eigenvalue weighted by atomic mass is 10.3. The summed E-state index contributed by atoms with van der Waals surface area (Å²) in [5.41, 5.74) is 0.331. The van der Waals surface area contributed by atoms with Crippen LogP contribution in [0.4, 0.5) is 5.69 Å². The Morgan fingerprint density at radius 3 is 2.20 bits per heavy atom. The fourth-order valence-electron chi connectivity index (χ4n) is 0.808. The number of carbonyl (C=O) groups is 1. The molecule has 0 bridgehead atoms. The molecule has 0 atom stereocenters. The Morgan fingerprint density at radius 1 is 1.13 bits per heavy atom. The summed E-state index contributed by atoms with van der Waals surface area (Å²) in [5.74, 6) is -0.544. The van der Waals surface area contributed by atoms with Crippen molar-refractivity contribution in [1.82, 2.24) is 0 Å². The molecule has 0 unspecified atom stereocenters. The third-order valence-electron chi connectivity index (χ3n) is 1.50. The van der Waals surface area contributed by atoms with E-state index in [2.05, 4.69) is 11.9 Å². The van der Waals surface area contributed by atoms with Gasteiger partial charge in [-0.2, -0.15) is 0 Å². The lowest BCUT2D eigenvalue weighted by molar-refractivity contribution is -0.112. The monoisotopic (exact) mass is 283 g/mol. The van der Waals surface area contributed by atoms with Crippen molar-refractivity contribution in [2.75, 3.05) is 5.32 Å². The van der Waals surface area contributed by atoms with Gasteiger partial charge < -0.3 is 5.32 Å². The van der Waals surface area contributed by atoms with Crippen molar-refractivity contribution >= 4 is 58.0 Å². The van der Waals surface area contributed by atoms with Gasteiger partial charge in [-0.25, -0.2) is 0 Å². The van der Waals surface area contributed by atoms with Gasteiger partial charge in [-0.3, -0.25) is 4.79 Å². The number of anilines is 1. The molecule has 2 nitrogen and oxygen atoms in total. The molecule has 0 aromatic heterocycles. The van der Waals surface area contributed by atoms with Gasteiger partial charge in [0.05, 0.1) is 25.8 Å². The molecule has 0 aliphatic carbocycles. The summed E-state index contributed by atoms with van der Waals surface area (Å²) in [6, 6.07) is 2.86. The van der Waals surface area contributed by atoms with Crippen LogP contribution in [0, 0.1) is 0 Å². The molecule has 6 heteroatoms. The van der Waals surface area contributed by atoms with Gasteiger partial charge in [-0.15, -0.1) is 0 Å². The van der Waals surface area contributed by atoms with E-state index in [4.69, 9.17) is 46.4 Å². The minimum absolute atomic E-state index is 0.142. The van der Waals surface area contributed by atoms with E-state index < -0.39 is 5.91 Å². The average molecular weight is 285 g/mol. The Hall–Kier alpha value is -0.410.